The van der Waals surface area contributed by atoms with Crippen LogP contribution in [0.5, 0.6) is 0 Å². The molecule has 5 nitrogen and oxygen atoms in total. The van der Waals surface area contributed by atoms with Crippen LogP contribution in [0.4, 0.5) is 5.69 Å². The van der Waals surface area contributed by atoms with Crippen LogP contribution >= 0.6 is 0 Å². The van der Waals surface area contributed by atoms with Gasteiger partial charge in [0.1, 0.15) is 0 Å². The van der Waals surface area contributed by atoms with E-state index in [4.69, 9.17) is 4.74 Å². The average Bonchev–Trinajstić information content (AvgIpc) is 2.49. The third-order valence-corrected chi connectivity index (χ3v) is 3.76. The molecule has 0 bridgehead atoms. The van der Waals surface area contributed by atoms with Crippen molar-refractivity contribution in [2.24, 2.45) is 5.92 Å². The van der Waals surface area contributed by atoms with E-state index < -0.39 is 5.92 Å². The number of methoxy groups -OCH3 is 1. The van der Waals surface area contributed by atoms with Gasteiger partial charge in [-0.1, -0.05) is 32.0 Å². The van der Waals surface area contributed by atoms with Gasteiger partial charge < -0.3 is 15.0 Å². The highest BCUT2D eigenvalue weighted by molar-refractivity contribution is 6.01. The van der Waals surface area contributed by atoms with Gasteiger partial charge in [-0.15, -0.1) is 0 Å². The molecule has 1 aromatic carbocycles. The Morgan fingerprint density at radius 2 is 2.14 bits per heavy atom. The number of rotatable bonds is 6. The summed E-state index contributed by atoms with van der Waals surface area (Å²) in [6.45, 7) is 5.87. The minimum absolute atomic E-state index is 0.00745. The Morgan fingerprint density at radius 1 is 1.41 bits per heavy atom. The van der Waals surface area contributed by atoms with Crippen molar-refractivity contribution in [2.75, 3.05) is 32.1 Å². The first-order valence-electron chi connectivity index (χ1n) is 7.69. The molecule has 0 saturated heterocycles. The number of carbonyl (C=O) groups excluding carboxylic acids is 2. The standard InChI is InChI=1S/C17H24N2O3/c1-12(2)11-19(8-9-22-3)17(21)14-10-16(20)18-15-7-5-4-6-13(14)15/h4-7,12,14H,8-11H2,1-3H3,(H,18,20). The topological polar surface area (TPSA) is 58.6 Å². The molecular formula is C17H24N2O3. The zero-order valence-corrected chi connectivity index (χ0v) is 13.5. The number of carbonyl (C=O) groups is 2. The van der Waals surface area contributed by atoms with Gasteiger partial charge in [0.15, 0.2) is 0 Å². The van der Waals surface area contributed by atoms with Crippen LogP contribution in [-0.2, 0) is 14.3 Å². The van der Waals surface area contributed by atoms with E-state index in [2.05, 4.69) is 19.2 Å². The zero-order valence-electron chi connectivity index (χ0n) is 13.5. The number of nitrogens with one attached hydrogen (secondary N) is 1. The Hall–Kier alpha value is -1.88. The highest BCUT2D eigenvalue weighted by Gasteiger charge is 2.33. The number of ether oxygens (including phenoxy) is 1. The Morgan fingerprint density at radius 3 is 2.82 bits per heavy atom. The van der Waals surface area contributed by atoms with Gasteiger partial charge in [-0.3, -0.25) is 9.59 Å². The number of hydrogen-bond donors (Lipinski definition) is 1. The number of hydrogen-bond acceptors (Lipinski definition) is 3. The average molecular weight is 304 g/mol. The lowest BCUT2D eigenvalue weighted by Crippen LogP contribution is -2.42. The molecule has 1 aliphatic rings. The van der Waals surface area contributed by atoms with Crippen molar-refractivity contribution >= 4 is 17.5 Å². The van der Waals surface area contributed by atoms with E-state index in [0.717, 1.165) is 11.3 Å². The van der Waals surface area contributed by atoms with E-state index in [-0.39, 0.29) is 18.2 Å². The molecule has 1 N–H and O–H groups in total. The maximum absolute atomic E-state index is 12.9. The second-order valence-electron chi connectivity index (χ2n) is 6.06. The monoisotopic (exact) mass is 304 g/mol. The third kappa shape index (κ3) is 3.85. The highest BCUT2D eigenvalue weighted by atomic mass is 16.5. The molecule has 2 rings (SSSR count). The highest BCUT2D eigenvalue weighted by Crippen LogP contribution is 2.33. The minimum atomic E-state index is -0.402. The molecule has 0 aromatic heterocycles. The largest absolute Gasteiger partial charge is 0.383 e. The van der Waals surface area contributed by atoms with E-state index in [1.54, 1.807) is 7.11 Å². The number of para-hydroxylation sites is 1. The van der Waals surface area contributed by atoms with Crippen molar-refractivity contribution in [3.8, 4) is 0 Å². The predicted octanol–water partition coefficient (Wildman–Crippen LogP) is 2.24. The fourth-order valence-electron chi connectivity index (χ4n) is 2.79. The lowest BCUT2D eigenvalue weighted by molar-refractivity contribution is -0.136. The van der Waals surface area contributed by atoms with Crippen molar-refractivity contribution in [1.82, 2.24) is 4.90 Å². The van der Waals surface area contributed by atoms with Crippen LogP contribution < -0.4 is 5.32 Å². The molecule has 1 aromatic rings. The Bertz CT molecular complexity index is 542. The van der Waals surface area contributed by atoms with Gasteiger partial charge in [0.2, 0.25) is 11.8 Å². The summed E-state index contributed by atoms with van der Waals surface area (Å²) < 4.78 is 5.11. The number of nitrogens with zero attached hydrogens (tertiary/aromatic N) is 1. The second kappa shape index (κ2) is 7.40. The molecule has 1 heterocycles. The number of benzene rings is 1. The van der Waals surface area contributed by atoms with Crippen LogP contribution in [0.25, 0.3) is 0 Å². The van der Waals surface area contributed by atoms with Crippen LogP contribution in [0.2, 0.25) is 0 Å². The molecule has 2 amide bonds. The predicted molar refractivity (Wildman–Crippen MR) is 85.7 cm³/mol. The molecule has 0 aliphatic carbocycles. The Labute approximate surface area is 131 Å². The maximum Gasteiger partial charge on any atom is 0.230 e. The van der Waals surface area contributed by atoms with Crippen LogP contribution in [-0.4, -0.2) is 43.5 Å². The zero-order chi connectivity index (χ0) is 16.1. The molecule has 5 heteroatoms. The second-order valence-corrected chi connectivity index (χ2v) is 6.06. The van der Waals surface area contributed by atoms with Crippen molar-refractivity contribution in [3.05, 3.63) is 29.8 Å². The van der Waals surface area contributed by atoms with Crippen LogP contribution in [0.3, 0.4) is 0 Å². The SMILES string of the molecule is COCCN(CC(C)C)C(=O)C1CC(=O)Nc2ccccc21. The van der Waals surface area contributed by atoms with Crippen molar-refractivity contribution < 1.29 is 14.3 Å². The molecule has 0 radical (unpaired) electrons. The Balaban J connectivity index is 2.24. The molecule has 0 spiro atoms. The fourth-order valence-corrected chi connectivity index (χ4v) is 2.79. The number of anilines is 1. The van der Waals surface area contributed by atoms with Gasteiger partial charge in [-0.05, 0) is 17.5 Å². The molecule has 1 atom stereocenters. The Kier molecular flexibility index (Phi) is 5.55. The first-order chi connectivity index (χ1) is 10.5. The summed E-state index contributed by atoms with van der Waals surface area (Å²) in [6.07, 6.45) is 0.206. The smallest absolute Gasteiger partial charge is 0.230 e. The first kappa shape index (κ1) is 16.5. The molecule has 0 fully saturated rings. The first-order valence-corrected chi connectivity index (χ1v) is 7.69. The van der Waals surface area contributed by atoms with Crippen LogP contribution in [0.15, 0.2) is 24.3 Å². The van der Waals surface area contributed by atoms with E-state index in [9.17, 15) is 9.59 Å². The molecule has 22 heavy (non-hydrogen) atoms. The summed E-state index contributed by atoms with van der Waals surface area (Å²) in [4.78, 5) is 26.6. The summed E-state index contributed by atoms with van der Waals surface area (Å²) in [5.41, 5.74) is 1.65. The van der Waals surface area contributed by atoms with Gasteiger partial charge in [0, 0.05) is 32.3 Å². The van der Waals surface area contributed by atoms with E-state index >= 15 is 0 Å². The third-order valence-electron chi connectivity index (χ3n) is 3.76. The summed E-state index contributed by atoms with van der Waals surface area (Å²) in [7, 11) is 1.63. The van der Waals surface area contributed by atoms with Gasteiger partial charge in [0.05, 0.1) is 12.5 Å². The number of fused-ring (bicyclic) bond motifs is 1. The number of amides is 2. The summed E-state index contributed by atoms with van der Waals surface area (Å²) in [6, 6.07) is 7.52. The van der Waals surface area contributed by atoms with Crippen molar-refractivity contribution in [1.29, 1.82) is 0 Å². The molecular weight excluding hydrogens is 280 g/mol. The quantitative estimate of drug-likeness (QED) is 0.877. The van der Waals surface area contributed by atoms with Crippen molar-refractivity contribution in [2.45, 2.75) is 26.2 Å². The molecule has 120 valence electrons. The lowest BCUT2D eigenvalue weighted by Gasteiger charge is -2.31. The van der Waals surface area contributed by atoms with Gasteiger partial charge >= 0.3 is 0 Å². The van der Waals surface area contributed by atoms with Gasteiger partial charge in [-0.25, -0.2) is 0 Å². The minimum Gasteiger partial charge on any atom is -0.383 e. The van der Waals surface area contributed by atoms with E-state index in [0.29, 0.717) is 25.6 Å². The van der Waals surface area contributed by atoms with Crippen molar-refractivity contribution in [3.63, 3.8) is 0 Å². The molecule has 1 aliphatic heterocycles. The summed E-state index contributed by atoms with van der Waals surface area (Å²) >= 11 is 0. The van der Waals surface area contributed by atoms with Gasteiger partial charge in [-0.2, -0.15) is 0 Å². The van der Waals surface area contributed by atoms with Gasteiger partial charge in [0.25, 0.3) is 0 Å². The molecule has 1 unspecified atom stereocenters. The van der Waals surface area contributed by atoms with Crippen LogP contribution in [0, 0.1) is 5.92 Å². The summed E-state index contributed by atoms with van der Waals surface area (Å²) in [5, 5.41) is 2.83. The lowest BCUT2D eigenvalue weighted by atomic mass is 9.89. The van der Waals surface area contributed by atoms with E-state index in [1.165, 1.54) is 0 Å². The fraction of sp³-hybridized carbons (Fsp3) is 0.529. The normalized spacial score (nSPS) is 17.1. The van der Waals surface area contributed by atoms with E-state index in [1.807, 2.05) is 29.2 Å². The van der Waals surface area contributed by atoms with Crippen LogP contribution in [0.1, 0.15) is 31.7 Å². The maximum atomic E-state index is 12.9. The summed E-state index contributed by atoms with van der Waals surface area (Å²) in [5.74, 6) is -0.129. The molecule has 0 saturated carbocycles.